The highest BCUT2D eigenvalue weighted by molar-refractivity contribution is 7.98. The molecule has 2 bridgehead atoms. The van der Waals surface area contributed by atoms with Gasteiger partial charge in [0, 0.05) is 52.7 Å². The van der Waals surface area contributed by atoms with Crippen LogP contribution in [0.25, 0.3) is 10.9 Å². The maximum atomic E-state index is 13.5. The average molecular weight is 506 g/mol. The summed E-state index contributed by atoms with van der Waals surface area (Å²) in [4.78, 5) is 21.3. The van der Waals surface area contributed by atoms with Gasteiger partial charge in [-0.05, 0) is 60.9 Å². The molecular weight excluding hydrogens is 478 g/mol. The molecular formula is C31H27N3O2S. The lowest BCUT2D eigenvalue weighted by molar-refractivity contribution is 0.0359. The van der Waals surface area contributed by atoms with E-state index in [1.54, 1.807) is 23.9 Å². The molecule has 4 aromatic rings. The van der Waals surface area contributed by atoms with E-state index >= 15 is 0 Å². The summed E-state index contributed by atoms with van der Waals surface area (Å²) in [5, 5.41) is 10.3. The highest BCUT2D eigenvalue weighted by atomic mass is 32.2. The van der Waals surface area contributed by atoms with E-state index in [0.717, 1.165) is 53.7 Å². The first kappa shape index (κ1) is 23.6. The Morgan fingerprint density at radius 1 is 1.00 bits per heavy atom. The summed E-state index contributed by atoms with van der Waals surface area (Å²) >= 11 is 1.77. The molecule has 3 atom stereocenters. The Kier molecular flexibility index (Phi) is 6.55. The van der Waals surface area contributed by atoms with Crippen molar-refractivity contribution in [2.45, 2.75) is 54.5 Å². The first-order chi connectivity index (χ1) is 18.2. The molecule has 2 saturated heterocycles. The normalized spacial score (nSPS) is 20.5. The fraction of sp³-hybridized carbons (Fsp3) is 0.258. The van der Waals surface area contributed by atoms with Crippen LogP contribution in [0.15, 0.2) is 90.0 Å². The summed E-state index contributed by atoms with van der Waals surface area (Å²) in [5.74, 6) is 1.68. The Morgan fingerprint density at radius 2 is 1.76 bits per heavy atom. The minimum absolute atomic E-state index is 0.0680. The second-order valence-electron chi connectivity index (χ2n) is 9.77. The van der Waals surface area contributed by atoms with Crippen LogP contribution < -0.4 is 4.74 Å². The van der Waals surface area contributed by atoms with E-state index in [-0.39, 0.29) is 24.1 Å². The van der Waals surface area contributed by atoms with Gasteiger partial charge in [-0.3, -0.25) is 9.78 Å². The molecule has 0 N–H and O–H groups in total. The molecule has 2 aliphatic rings. The molecule has 2 aliphatic heterocycles. The van der Waals surface area contributed by atoms with E-state index in [4.69, 9.17) is 10.00 Å². The van der Waals surface area contributed by atoms with Gasteiger partial charge in [0.05, 0.1) is 17.1 Å². The molecule has 3 heterocycles. The predicted molar refractivity (Wildman–Crippen MR) is 146 cm³/mol. The van der Waals surface area contributed by atoms with Crippen molar-refractivity contribution in [3.63, 3.8) is 0 Å². The number of pyridine rings is 1. The van der Waals surface area contributed by atoms with Gasteiger partial charge in [-0.25, -0.2) is 0 Å². The molecule has 1 unspecified atom stereocenters. The first-order valence-electron chi connectivity index (χ1n) is 12.7. The van der Waals surface area contributed by atoms with Crippen LogP contribution in [0.1, 0.15) is 47.2 Å². The SMILES string of the molecule is N#Cc1cccc(OC2C[C@H]3CC[C@@H](C2)N3C(=O)c2ccc(CSc3cccc4cccnc34)cc2)c1. The number of carbonyl (C=O) groups excluding carboxylic acids is 1. The summed E-state index contributed by atoms with van der Waals surface area (Å²) < 4.78 is 6.22. The molecule has 184 valence electrons. The molecule has 5 nitrogen and oxygen atoms in total. The molecule has 3 aromatic carbocycles. The maximum Gasteiger partial charge on any atom is 0.254 e. The smallest absolute Gasteiger partial charge is 0.254 e. The van der Waals surface area contributed by atoms with E-state index in [0.29, 0.717) is 5.56 Å². The molecule has 1 amide bonds. The monoisotopic (exact) mass is 505 g/mol. The summed E-state index contributed by atoms with van der Waals surface area (Å²) in [7, 11) is 0. The molecule has 0 radical (unpaired) electrons. The maximum absolute atomic E-state index is 13.5. The topological polar surface area (TPSA) is 66.2 Å². The van der Waals surface area contributed by atoms with E-state index in [9.17, 15) is 4.79 Å². The van der Waals surface area contributed by atoms with Crippen molar-refractivity contribution in [1.82, 2.24) is 9.88 Å². The van der Waals surface area contributed by atoms with E-state index < -0.39 is 0 Å². The zero-order valence-corrected chi connectivity index (χ0v) is 21.2. The fourth-order valence-corrected chi connectivity index (χ4v) is 6.63. The third kappa shape index (κ3) is 4.92. The lowest BCUT2D eigenvalue weighted by Gasteiger charge is -2.39. The Bertz CT molecular complexity index is 1460. The van der Waals surface area contributed by atoms with Gasteiger partial charge in [-0.15, -0.1) is 11.8 Å². The number of nitrogens with zero attached hydrogens (tertiary/aromatic N) is 3. The van der Waals surface area contributed by atoms with Crippen LogP contribution in [0.2, 0.25) is 0 Å². The number of piperidine rings is 1. The summed E-state index contributed by atoms with van der Waals surface area (Å²) in [6.07, 6.45) is 5.59. The molecule has 37 heavy (non-hydrogen) atoms. The molecule has 0 spiro atoms. The Morgan fingerprint density at radius 3 is 2.54 bits per heavy atom. The van der Waals surface area contributed by atoms with Crippen LogP contribution in [0, 0.1) is 11.3 Å². The minimum Gasteiger partial charge on any atom is -0.490 e. The second-order valence-corrected chi connectivity index (χ2v) is 10.8. The molecule has 2 fully saturated rings. The van der Waals surface area contributed by atoms with E-state index in [2.05, 4.69) is 52.4 Å². The highest BCUT2D eigenvalue weighted by Gasteiger charge is 2.44. The number of hydrogen-bond acceptors (Lipinski definition) is 5. The van der Waals surface area contributed by atoms with Gasteiger partial charge in [0.2, 0.25) is 0 Å². The van der Waals surface area contributed by atoms with Crippen molar-refractivity contribution in [1.29, 1.82) is 5.26 Å². The number of ether oxygens (including phenoxy) is 1. The van der Waals surface area contributed by atoms with Crippen LogP contribution in [-0.4, -0.2) is 34.0 Å². The summed E-state index contributed by atoms with van der Waals surface area (Å²) in [5.41, 5.74) is 3.56. The highest BCUT2D eigenvalue weighted by Crippen LogP contribution is 2.38. The van der Waals surface area contributed by atoms with Gasteiger partial charge in [0.15, 0.2) is 0 Å². The van der Waals surface area contributed by atoms with Crippen LogP contribution in [0.5, 0.6) is 5.75 Å². The van der Waals surface area contributed by atoms with Gasteiger partial charge in [-0.1, -0.05) is 36.4 Å². The number of para-hydroxylation sites is 1. The van der Waals surface area contributed by atoms with Crippen molar-refractivity contribution in [2.24, 2.45) is 0 Å². The van der Waals surface area contributed by atoms with E-state index in [1.165, 1.54) is 10.5 Å². The number of fused-ring (bicyclic) bond motifs is 3. The van der Waals surface area contributed by atoms with Crippen molar-refractivity contribution < 1.29 is 9.53 Å². The zero-order valence-electron chi connectivity index (χ0n) is 20.4. The number of amides is 1. The second kappa shape index (κ2) is 10.3. The van der Waals surface area contributed by atoms with Crippen molar-refractivity contribution in [3.8, 4) is 11.8 Å². The number of thioether (sulfide) groups is 1. The Balaban J connectivity index is 1.09. The average Bonchev–Trinajstić information content (AvgIpc) is 3.21. The van der Waals surface area contributed by atoms with Gasteiger partial charge >= 0.3 is 0 Å². The minimum atomic E-state index is 0.0680. The van der Waals surface area contributed by atoms with Crippen LogP contribution in [0.3, 0.4) is 0 Å². The summed E-state index contributed by atoms with van der Waals surface area (Å²) in [6.45, 7) is 0. The number of nitriles is 1. The molecule has 6 heteroatoms. The van der Waals surface area contributed by atoms with Gasteiger partial charge < -0.3 is 9.64 Å². The third-order valence-electron chi connectivity index (χ3n) is 7.38. The molecule has 1 aromatic heterocycles. The number of benzene rings is 3. The fourth-order valence-electron chi connectivity index (χ4n) is 5.63. The largest absolute Gasteiger partial charge is 0.490 e. The van der Waals surface area contributed by atoms with Gasteiger partial charge in [0.25, 0.3) is 5.91 Å². The van der Waals surface area contributed by atoms with Crippen LogP contribution in [-0.2, 0) is 5.75 Å². The number of aromatic nitrogens is 1. The standard InChI is InChI=1S/C31H27N3O2S/c32-19-22-4-1-7-27(16-22)36-28-17-25-13-14-26(18-28)34(25)31(35)24-11-9-21(10-12-24)20-37-29-8-2-5-23-6-3-15-33-30(23)29/h1-12,15-16,25-26,28H,13-14,17-18,20H2/t25-,26+,28?. The Labute approximate surface area is 221 Å². The third-order valence-corrected chi connectivity index (χ3v) is 8.50. The number of carbonyl (C=O) groups is 1. The van der Waals surface area contributed by atoms with Crippen molar-refractivity contribution in [2.75, 3.05) is 0 Å². The van der Waals surface area contributed by atoms with Gasteiger partial charge in [-0.2, -0.15) is 5.26 Å². The lowest BCUT2D eigenvalue weighted by Crippen LogP contribution is -2.49. The van der Waals surface area contributed by atoms with Crippen LogP contribution >= 0.6 is 11.8 Å². The lowest BCUT2D eigenvalue weighted by atomic mass is 9.98. The van der Waals surface area contributed by atoms with Crippen LogP contribution in [0.4, 0.5) is 0 Å². The van der Waals surface area contributed by atoms with Crippen molar-refractivity contribution >= 4 is 28.6 Å². The first-order valence-corrected chi connectivity index (χ1v) is 13.7. The van der Waals surface area contributed by atoms with E-state index in [1.807, 2.05) is 36.5 Å². The number of hydrogen-bond donors (Lipinski definition) is 0. The Hall–Kier alpha value is -3.82. The molecule has 0 aliphatic carbocycles. The molecule has 0 saturated carbocycles. The summed E-state index contributed by atoms with van der Waals surface area (Å²) in [6, 6.07) is 28.3. The van der Waals surface area contributed by atoms with Gasteiger partial charge in [0.1, 0.15) is 11.9 Å². The van der Waals surface area contributed by atoms with Crippen molar-refractivity contribution in [3.05, 3.63) is 102 Å². The quantitative estimate of drug-likeness (QED) is 0.276. The zero-order chi connectivity index (χ0) is 25.2. The number of rotatable bonds is 6. The predicted octanol–water partition coefficient (Wildman–Crippen LogP) is 6.61. The molecule has 6 rings (SSSR count).